The van der Waals surface area contributed by atoms with Crippen LogP contribution in [0.25, 0.3) is 10.1 Å². The van der Waals surface area contributed by atoms with Gasteiger partial charge in [-0.05, 0) is 56.5 Å². The van der Waals surface area contributed by atoms with E-state index in [1.54, 1.807) is 0 Å². The van der Waals surface area contributed by atoms with Gasteiger partial charge in [0, 0.05) is 21.2 Å². The lowest BCUT2D eigenvalue weighted by atomic mass is 9.81. The van der Waals surface area contributed by atoms with Gasteiger partial charge in [0.1, 0.15) is 0 Å². The first-order chi connectivity index (χ1) is 9.59. The summed E-state index contributed by atoms with van der Waals surface area (Å²) in [5.74, 6) is 0. The molecular weight excluding hydrogens is 274 g/mol. The minimum atomic E-state index is 0.139. The Labute approximate surface area is 133 Å². The van der Waals surface area contributed by atoms with Crippen LogP contribution in [0.2, 0.25) is 0 Å². The molecule has 0 fully saturated rings. The van der Waals surface area contributed by atoms with Gasteiger partial charge in [-0.25, -0.2) is 0 Å². The van der Waals surface area contributed by atoms with Crippen LogP contribution in [0.15, 0.2) is 24.3 Å². The summed E-state index contributed by atoms with van der Waals surface area (Å²) in [5, 5.41) is 5.24. The number of nitrogens with one attached hydrogen (secondary N) is 1. The summed E-state index contributed by atoms with van der Waals surface area (Å²) < 4.78 is 1.40. The molecule has 1 atom stereocenters. The van der Waals surface area contributed by atoms with Crippen LogP contribution in [0.5, 0.6) is 0 Å². The SMILES string of the molecule is Cc1c(C(C)NC(C)(C)CC(C)(C)C)sc2ccccc12. The van der Waals surface area contributed by atoms with E-state index in [1.807, 2.05) is 11.3 Å². The molecule has 116 valence electrons. The lowest BCUT2D eigenvalue weighted by Gasteiger charge is -2.36. The number of aryl methyl sites for hydroxylation is 1. The van der Waals surface area contributed by atoms with E-state index in [2.05, 4.69) is 78.0 Å². The largest absolute Gasteiger partial charge is 0.304 e. The average Bonchev–Trinajstić information content (AvgIpc) is 2.64. The first kappa shape index (κ1) is 16.5. The maximum atomic E-state index is 3.84. The van der Waals surface area contributed by atoms with Crippen LogP contribution in [0.3, 0.4) is 0 Å². The van der Waals surface area contributed by atoms with Gasteiger partial charge in [0.2, 0.25) is 0 Å². The lowest BCUT2D eigenvalue weighted by molar-refractivity contribution is 0.227. The summed E-state index contributed by atoms with van der Waals surface area (Å²) in [4.78, 5) is 1.47. The zero-order chi connectivity index (χ0) is 15.8. The molecule has 0 radical (unpaired) electrons. The fourth-order valence-electron chi connectivity index (χ4n) is 3.63. The number of benzene rings is 1. The van der Waals surface area contributed by atoms with Gasteiger partial charge in [-0.1, -0.05) is 39.0 Å². The fourth-order valence-corrected chi connectivity index (χ4v) is 4.85. The van der Waals surface area contributed by atoms with Gasteiger partial charge in [0.25, 0.3) is 0 Å². The summed E-state index contributed by atoms with van der Waals surface area (Å²) in [7, 11) is 0. The van der Waals surface area contributed by atoms with Crippen molar-refractivity contribution in [2.75, 3.05) is 0 Å². The summed E-state index contributed by atoms with van der Waals surface area (Å²) in [5.41, 5.74) is 1.91. The van der Waals surface area contributed by atoms with Crippen LogP contribution in [0.1, 0.15) is 64.4 Å². The third kappa shape index (κ3) is 4.08. The molecule has 0 aliphatic heterocycles. The van der Waals surface area contributed by atoms with E-state index in [-0.39, 0.29) is 5.54 Å². The molecule has 2 heteroatoms. The molecule has 0 bridgehead atoms. The summed E-state index contributed by atoms with van der Waals surface area (Å²) in [6, 6.07) is 9.11. The Bertz CT molecular complexity index is 616. The molecule has 1 aromatic heterocycles. The second kappa shape index (κ2) is 5.73. The minimum absolute atomic E-state index is 0.139. The van der Waals surface area contributed by atoms with E-state index in [4.69, 9.17) is 0 Å². The molecule has 0 amide bonds. The molecule has 1 unspecified atom stereocenters. The Morgan fingerprint density at radius 3 is 2.29 bits per heavy atom. The molecule has 1 aromatic carbocycles. The zero-order valence-corrected chi connectivity index (χ0v) is 15.3. The molecule has 1 nitrogen and oxygen atoms in total. The summed E-state index contributed by atoms with van der Waals surface area (Å²) >= 11 is 1.93. The number of rotatable bonds is 4. The van der Waals surface area contributed by atoms with E-state index in [0.29, 0.717) is 11.5 Å². The summed E-state index contributed by atoms with van der Waals surface area (Å²) in [6.07, 6.45) is 1.16. The quantitative estimate of drug-likeness (QED) is 0.722. The van der Waals surface area contributed by atoms with Crippen LogP contribution in [-0.4, -0.2) is 5.54 Å². The van der Waals surface area contributed by atoms with E-state index < -0.39 is 0 Å². The highest BCUT2D eigenvalue weighted by molar-refractivity contribution is 7.19. The molecule has 0 saturated carbocycles. The van der Waals surface area contributed by atoms with Crippen molar-refractivity contribution >= 4 is 21.4 Å². The van der Waals surface area contributed by atoms with Crippen molar-refractivity contribution in [2.45, 2.75) is 66.5 Å². The van der Waals surface area contributed by atoms with E-state index in [9.17, 15) is 0 Å². The van der Waals surface area contributed by atoms with Gasteiger partial charge in [-0.2, -0.15) is 0 Å². The molecule has 1 heterocycles. The molecule has 0 saturated heterocycles. The highest BCUT2D eigenvalue weighted by atomic mass is 32.1. The van der Waals surface area contributed by atoms with E-state index in [0.717, 1.165) is 6.42 Å². The number of thiophene rings is 1. The van der Waals surface area contributed by atoms with Crippen molar-refractivity contribution in [3.05, 3.63) is 34.7 Å². The van der Waals surface area contributed by atoms with Crippen LogP contribution < -0.4 is 5.32 Å². The number of fused-ring (bicyclic) bond motifs is 1. The van der Waals surface area contributed by atoms with Crippen molar-refractivity contribution in [2.24, 2.45) is 5.41 Å². The highest BCUT2D eigenvalue weighted by Crippen LogP contribution is 2.36. The number of hydrogen-bond acceptors (Lipinski definition) is 2. The predicted octanol–water partition coefficient (Wildman–Crippen LogP) is 6.08. The van der Waals surface area contributed by atoms with Crippen LogP contribution in [-0.2, 0) is 0 Å². The Morgan fingerprint density at radius 2 is 1.71 bits per heavy atom. The second-order valence-electron chi connectivity index (χ2n) is 8.07. The molecule has 2 rings (SSSR count). The predicted molar refractivity (Wildman–Crippen MR) is 96.3 cm³/mol. The van der Waals surface area contributed by atoms with Gasteiger partial charge in [0.05, 0.1) is 0 Å². The van der Waals surface area contributed by atoms with Crippen molar-refractivity contribution in [1.82, 2.24) is 5.32 Å². The molecule has 2 aromatic rings. The van der Waals surface area contributed by atoms with Crippen molar-refractivity contribution in [3.63, 3.8) is 0 Å². The van der Waals surface area contributed by atoms with Crippen LogP contribution in [0, 0.1) is 12.3 Å². The third-order valence-corrected chi connectivity index (χ3v) is 5.31. The van der Waals surface area contributed by atoms with Gasteiger partial charge in [0.15, 0.2) is 0 Å². The standard InChI is InChI=1S/C19H29NS/c1-13-15-10-8-9-11-16(15)21-17(13)14(2)20-19(6,7)12-18(3,4)5/h8-11,14,20H,12H2,1-7H3. The molecule has 21 heavy (non-hydrogen) atoms. The molecule has 0 aliphatic carbocycles. The van der Waals surface area contributed by atoms with Crippen molar-refractivity contribution in [1.29, 1.82) is 0 Å². The maximum Gasteiger partial charge on any atom is 0.0393 e. The first-order valence-corrected chi connectivity index (χ1v) is 8.66. The van der Waals surface area contributed by atoms with Crippen LogP contribution in [0.4, 0.5) is 0 Å². The molecule has 0 aliphatic rings. The second-order valence-corrected chi connectivity index (χ2v) is 9.16. The third-order valence-electron chi connectivity index (χ3n) is 3.85. The Morgan fingerprint density at radius 1 is 1.10 bits per heavy atom. The Kier molecular flexibility index (Phi) is 4.51. The fraction of sp³-hybridized carbons (Fsp3) is 0.579. The lowest BCUT2D eigenvalue weighted by Crippen LogP contribution is -2.43. The topological polar surface area (TPSA) is 12.0 Å². The number of hydrogen-bond donors (Lipinski definition) is 1. The monoisotopic (exact) mass is 303 g/mol. The van der Waals surface area contributed by atoms with E-state index >= 15 is 0 Å². The smallest absolute Gasteiger partial charge is 0.0393 e. The molecule has 1 N–H and O–H groups in total. The Hall–Kier alpha value is -0.860. The first-order valence-electron chi connectivity index (χ1n) is 7.85. The van der Waals surface area contributed by atoms with Gasteiger partial charge >= 0.3 is 0 Å². The summed E-state index contributed by atoms with van der Waals surface area (Å²) in [6.45, 7) is 16.1. The van der Waals surface area contributed by atoms with E-state index in [1.165, 1.54) is 20.5 Å². The average molecular weight is 304 g/mol. The van der Waals surface area contributed by atoms with Gasteiger partial charge < -0.3 is 5.32 Å². The van der Waals surface area contributed by atoms with Crippen molar-refractivity contribution < 1.29 is 0 Å². The molecule has 0 spiro atoms. The van der Waals surface area contributed by atoms with Crippen LogP contribution >= 0.6 is 11.3 Å². The Balaban J connectivity index is 2.22. The van der Waals surface area contributed by atoms with Gasteiger partial charge in [-0.3, -0.25) is 0 Å². The normalized spacial score (nSPS) is 14.6. The minimum Gasteiger partial charge on any atom is -0.304 e. The molecular formula is C19H29NS. The van der Waals surface area contributed by atoms with Crippen molar-refractivity contribution in [3.8, 4) is 0 Å². The zero-order valence-electron chi connectivity index (χ0n) is 14.5. The van der Waals surface area contributed by atoms with Gasteiger partial charge in [-0.15, -0.1) is 11.3 Å². The highest BCUT2D eigenvalue weighted by Gasteiger charge is 2.28. The maximum absolute atomic E-state index is 3.84.